The maximum atomic E-state index is 11.2. The van der Waals surface area contributed by atoms with Crippen molar-refractivity contribution in [3.05, 3.63) is 35.5 Å². The Kier molecular flexibility index (Phi) is 3.90. The minimum Gasteiger partial charge on any atom is -0.481 e. The molecule has 1 unspecified atom stereocenters. The molecule has 2 aromatic rings. The molecule has 0 aliphatic carbocycles. The quantitative estimate of drug-likeness (QED) is 0.864. The van der Waals surface area contributed by atoms with E-state index in [-0.39, 0.29) is 0 Å². The molecule has 0 saturated heterocycles. The molecule has 0 aliphatic heterocycles. The number of aromatic nitrogens is 1. The molecule has 19 heavy (non-hydrogen) atoms. The third kappa shape index (κ3) is 2.79. The van der Waals surface area contributed by atoms with E-state index in [2.05, 4.69) is 29.7 Å². The van der Waals surface area contributed by atoms with Crippen LogP contribution < -0.4 is 5.73 Å². The number of hydrogen-bond donors (Lipinski definition) is 2. The maximum Gasteiger partial charge on any atom is 0.306 e. The zero-order valence-electron chi connectivity index (χ0n) is 11.4. The predicted molar refractivity (Wildman–Crippen MR) is 76.2 cm³/mol. The number of carboxylic acid groups (broad SMARTS) is 1. The van der Waals surface area contributed by atoms with Crippen LogP contribution in [0, 0.1) is 12.8 Å². The number of hydrogen-bond acceptors (Lipinski definition) is 2. The van der Waals surface area contributed by atoms with E-state index in [1.807, 2.05) is 13.2 Å². The molecule has 3 N–H and O–H groups in total. The number of benzene rings is 1. The van der Waals surface area contributed by atoms with Gasteiger partial charge < -0.3 is 15.4 Å². The summed E-state index contributed by atoms with van der Waals surface area (Å²) in [5.74, 6) is -1.17. The lowest BCUT2D eigenvalue weighted by Gasteiger charge is -2.10. The number of aryl methyl sites for hydroxylation is 2. The molecule has 4 heteroatoms. The van der Waals surface area contributed by atoms with Gasteiger partial charge in [-0.15, -0.1) is 0 Å². The van der Waals surface area contributed by atoms with E-state index in [4.69, 9.17) is 5.73 Å². The van der Waals surface area contributed by atoms with Crippen molar-refractivity contribution in [3.8, 4) is 0 Å². The summed E-state index contributed by atoms with van der Waals surface area (Å²) in [5, 5.41) is 10.4. The van der Waals surface area contributed by atoms with Gasteiger partial charge in [-0.3, -0.25) is 4.79 Å². The topological polar surface area (TPSA) is 68.2 Å². The van der Waals surface area contributed by atoms with Crippen LogP contribution in [-0.2, 0) is 18.3 Å². The summed E-state index contributed by atoms with van der Waals surface area (Å²) < 4.78 is 2.05. The van der Waals surface area contributed by atoms with Crippen LogP contribution in [0.2, 0.25) is 0 Å². The molecule has 0 bridgehead atoms. The first-order chi connectivity index (χ1) is 9.02. The van der Waals surface area contributed by atoms with E-state index < -0.39 is 11.9 Å². The van der Waals surface area contributed by atoms with Crippen LogP contribution in [0.3, 0.4) is 0 Å². The van der Waals surface area contributed by atoms with E-state index in [0.29, 0.717) is 19.4 Å². The van der Waals surface area contributed by atoms with Crippen molar-refractivity contribution in [1.82, 2.24) is 4.57 Å². The Bertz CT molecular complexity index is 601. The summed E-state index contributed by atoms with van der Waals surface area (Å²) in [4.78, 5) is 11.2. The van der Waals surface area contributed by atoms with Crippen molar-refractivity contribution < 1.29 is 9.90 Å². The minimum atomic E-state index is -0.769. The fraction of sp³-hybridized carbons (Fsp3) is 0.400. The van der Waals surface area contributed by atoms with Gasteiger partial charge in [-0.1, -0.05) is 12.1 Å². The Hall–Kier alpha value is -1.81. The molecule has 0 aliphatic rings. The summed E-state index contributed by atoms with van der Waals surface area (Å²) >= 11 is 0. The average molecular weight is 260 g/mol. The third-order valence-electron chi connectivity index (χ3n) is 3.56. The Labute approximate surface area is 112 Å². The molecule has 0 saturated carbocycles. The van der Waals surface area contributed by atoms with Gasteiger partial charge in [0.15, 0.2) is 0 Å². The molecule has 1 heterocycles. The molecular formula is C15H20N2O2. The van der Waals surface area contributed by atoms with Gasteiger partial charge in [0.2, 0.25) is 0 Å². The maximum absolute atomic E-state index is 11.2. The molecular weight excluding hydrogens is 240 g/mol. The second-order valence-electron chi connectivity index (χ2n) is 5.10. The summed E-state index contributed by atoms with van der Waals surface area (Å²) in [6, 6.07) is 6.25. The molecule has 0 radical (unpaired) electrons. The first kappa shape index (κ1) is 13.6. The summed E-state index contributed by atoms with van der Waals surface area (Å²) in [5.41, 5.74) is 8.92. The third-order valence-corrected chi connectivity index (χ3v) is 3.56. The van der Waals surface area contributed by atoms with Gasteiger partial charge in [0.1, 0.15) is 0 Å². The largest absolute Gasteiger partial charge is 0.481 e. The van der Waals surface area contributed by atoms with Crippen molar-refractivity contribution in [2.45, 2.75) is 19.8 Å². The molecule has 1 atom stereocenters. The predicted octanol–water partition coefficient (Wildman–Crippen LogP) is 2.08. The summed E-state index contributed by atoms with van der Waals surface area (Å²) in [7, 11) is 1.99. The highest BCUT2D eigenvalue weighted by molar-refractivity contribution is 5.85. The second-order valence-corrected chi connectivity index (χ2v) is 5.10. The van der Waals surface area contributed by atoms with Gasteiger partial charge >= 0.3 is 5.97 Å². The molecule has 4 nitrogen and oxygen atoms in total. The molecule has 1 aromatic heterocycles. The van der Waals surface area contributed by atoms with E-state index in [1.165, 1.54) is 5.56 Å². The fourth-order valence-electron chi connectivity index (χ4n) is 2.52. The Morgan fingerprint density at radius 2 is 2.21 bits per heavy atom. The zero-order chi connectivity index (χ0) is 14.0. The van der Waals surface area contributed by atoms with E-state index >= 15 is 0 Å². The number of nitrogens with zero attached hydrogens (tertiary/aromatic N) is 1. The normalized spacial score (nSPS) is 12.8. The number of aliphatic carboxylic acids is 1. The van der Waals surface area contributed by atoms with Crippen LogP contribution in [0.5, 0.6) is 0 Å². The average Bonchev–Trinajstić information content (AvgIpc) is 2.65. The van der Waals surface area contributed by atoms with E-state index in [0.717, 1.165) is 16.5 Å². The van der Waals surface area contributed by atoms with E-state index in [1.54, 1.807) is 0 Å². The van der Waals surface area contributed by atoms with Gasteiger partial charge in [-0.25, -0.2) is 0 Å². The lowest BCUT2D eigenvalue weighted by Crippen LogP contribution is -2.20. The Morgan fingerprint density at radius 3 is 2.84 bits per heavy atom. The molecule has 0 amide bonds. The first-order valence-corrected chi connectivity index (χ1v) is 6.50. The van der Waals surface area contributed by atoms with Gasteiger partial charge in [-0.05, 0) is 43.5 Å². The van der Waals surface area contributed by atoms with Crippen molar-refractivity contribution in [3.63, 3.8) is 0 Å². The lowest BCUT2D eigenvalue weighted by molar-refractivity contribution is -0.141. The van der Waals surface area contributed by atoms with Crippen molar-refractivity contribution in [2.24, 2.45) is 18.7 Å². The Balaban J connectivity index is 2.37. The van der Waals surface area contributed by atoms with Crippen LogP contribution in [0.25, 0.3) is 10.9 Å². The zero-order valence-corrected chi connectivity index (χ0v) is 11.4. The van der Waals surface area contributed by atoms with Crippen LogP contribution >= 0.6 is 0 Å². The van der Waals surface area contributed by atoms with Crippen molar-refractivity contribution in [2.75, 3.05) is 6.54 Å². The minimum absolute atomic E-state index is 0.404. The summed E-state index contributed by atoms with van der Waals surface area (Å²) in [6.45, 7) is 2.46. The van der Waals surface area contributed by atoms with E-state index in [9.17, 15) is 9.90 Å². The standard InChI is InChI=1S/C15H20N2O2/c1-10-3-4-13-12(9-17(2)14(13)7-10)8-11(5-6-16)15(18)19/h3-4,7,9,11H,5-6,8,16H2,1-2H3,(H,18,19). The highest BCUT2D eigenvalue weighted by Gasteiger charge is 2.19. The highest BCUT2D eigenvalue weighted by atomic mass is 16.4. The number of carbonyl (C=O) groups is 1. The van der Waals surface area contributed by atoms with Gasteiger partial charge in [0.05, 0.1) is 5.92 Å². The monoisotopic (exact) mass is 260 g/mol. The van der Waals surface area contributed by atoms with Crippen molar-refractivity contribution in [1.29, 1.82) is 0 Å². The number of rotatable bonds is 5. The van der Waals surface area contributed by atoms with Crippen LogP contribution in [0.4, 0.5) is 0 Å². The second kappa shape index (κ2) is 5.45. The first-order valence-electron chi connectivity index (χ1n) is 6.50. The van der Waals surface area contributed by atoms with Crippen LogP contribution in [-0.4, -0.2) is 22.2 Å². The van der Waals surface area contributed by atoms with Gasteiger partial charge in [0.25, 0.3) is 0 Å². The lowest BCUT2D eigenvalue weighted by atomic mass is 9.96. The van der Waals surface area contributed by atoms with Crippen molar-refractivity contribution >= 4 is 16.9 Å². The smallest absolute Gasteiger partial charge is 0.306 e. The fourth-order valence-corrected chi connectivity index (χ4v) is 2.52. The molecule has 1 aromatic carbocycles. The molecule has 0 fully saturated rings. The highest BCUT2D eigenvalue weighted by Crippen LogP contribution is 2.25. The van der Waals surface area contributed by atoms with Crippen LogP contribution in [0.15, 0.2) is 24.4 Å². The van der Waals surface area contributed by atoms with Gasteiger partial charge in [0, 0.05) is 24.1 Å². The molecule has 2 rings (SSSR count). The Morgan fingerprint density at radius 1 is 1.47 bits per heavy atom. The summed E-state index contributed by atoms with van der Waals surface area (Å²) in [6.07, 6.45) is 3.07. The number of nitrogens with two attached hydrogens (primary N) is 1. The molecule has 102 valence electrons. The number of carboxylic acids is 1. The number of fused-ring (bicyclic) bond motifs is 1. The van der Waals surface area contributed by atoms with Gasteiger partial charge in [-0.2, -0.15) is 0 Å². The molecule has 0 spiro atoms. The van der Waals surface area contributed by atoms with Crippen LogP contribution in [0.1, 0.15) is 17.5 Å². The SMILES string of the molecule is Cc1ccc2c(CC(CCN)C(=O)O)cn(C)c2c1.